The Morgan fingerprint density at radius 2 is 1.96 bits per heavy atom. The summed E-state index contributed by atoms with van der Waals surface area (Å²) in [5.74, 6) is -2.77. The smallest absolute Gasteiger partial charge is 0.334 e. The van der Waals surface area contributed by atoms with Crippen LogP contribution in [0.15, 0.2) is 40.4 Å². The summed E-state index contributed by atoms with van der Waals surface area (Å²) in [6, 6.07) is 5.87. The summed E-state index contributed by atoms with van der Waals surface area (Å²) in [4.78, 5) is 39.7. The molecule has 138 valence electrons. The van der Waals surface area contributed by atoms with Gasteiger partial charge in [0.25, 0.3) is 5.69 Å². The number of non-ortho nitro benzene ring substituents is 1. The predicted octanol–water partition coefficient (Wildman–Crippen LogP) is 2.43. The molecule has 0 N–H and O–H groups in total. The van der Waals surface area contributed by atoms with Crippen molar-refractivity contribution in [2.24, 2.45) is 10.9 Å². The fourth-order valence-corrected chi connectivity index (χ4v) is 3.32. The Hall–Kier alpha value is -3.03. The monoisotopic (exact) mass is 360 g/mol. The van der Waals surface area contributed by atoms with Crippen LogP contribution in [-0.4, -0.2) is 43.8 Å². The van der Waals surface area contributed by atoms with Gasteiger partial charge in [0, 0.05) is 42.8 Å². The lowest BCUT2D eigenvalue weighted by molar-refractivity contribution is -0.384. The van der Waals surface area contributed by atoms with E-state index >= 15 is 0 Å². The first-order valence-electron chi connectivity index (χ1n) is 7.91. The van der Waals surface area contributed by atoms with Gasteiger partial charge < -0.3 is 9.47 Å². The molecule has 0 aliphatic heterocycles. The Morgan fingerprint density at radius 3 is 2.50 bits per heavy atom. The van der Waals surface area contributed by atoms with Crippen molar-refractivity contribution in [3.63, 3.8) is 0 Å². The number of methoxy groups -OCH3 is 2. The molecule has 0 radical (unpaired) electrons. The number of benzene rings is 1. The Bertz CT molecular complexity index is 812. The third kappa shape index (κ3) is 3.49. The van der Waals surface area contributed by atoms with Crippen LogP contribution in [0.3, 0.4) is 0 Å². The molecule has 0 spiro atoms. The van der Waals surface area contributed by atoms with Gasteiger partial charge in [-0.05, 0) is 12.5 Å². The van der Waals surface area contributed by atoms with E-state index in [0.717, 1.165) is 0 Å². The Kier molecular flexibility index (Phi) is 5.86. The lowest BCUT2D eigenvalue weighted by Crippen LogP contribution is -2.38. The molecule has 0 fully saturated rings. The van der Waals surface area contributed by atoms with E-state index in [-0.39, 0.29) is 5.69 Å². The molecule has 0 amide bonds. The van der Waals surface area contributed by atoms with E-state index in [2.05, 4.69) is 4.99 Å². The van der Waals surface area contributed by atoms with Crippen LogP contribution in [0, 0.1) is 16.0 Å². The predicted molar refractivity (Wildman–Crippen MR) is 94.0 cm³/mol. The van der Waals surface area contributed by atoms with Crippen LogP contribution in [-0.2, 0) is 19.1 Å². The second-order valence-corrected chi connectivity index (χ2v) is 5.91. The number of nitro groups is 1. The van der Waals surface area contributed by atoms with Crippen LogP contribution in [0.2, 0.25) is 0 Å². The highest BCUT2D eigenvalue weighted by molar-refractivity contribution is 6.09. The highest BCUT2D eigenvalue weighted by Crippen LogP contribution is 2.42. The number of carbonyl (C=O) groups excluding carboxylic acids is 2. The number of carbonyl (C=O) groups is 2. The van der Waals surface area contributed by atoms with E-state index in [4.69, 9.17) is 9.47 Å². The van der Waals surface area contributed by atoms with Gasteiger partial charge in [-0.2, -0.15) is 0 Å². The van der Waals surface area contributed by atoms with E-state index in [0.29, 0.717) is 28.8 Å². The molecule has 1 aliphatic carbocycles. The molecule has 2 atom stereocenters. The molecule has 0 aromatic heterocycles. The summed E-state index contributed by atoms with van der Waals surface area (Å²) < 4.78 is 9.82. The van der Waals surface area contributed by atoms with Crippen molar-refractivity contribution in [2.45, 2.75) is 19.3 Å². The fourth-order valence-electron chi connectivity index (χ4n) is 3.32. The summed E-state index contributed by atoms with van der Waals surface area (Å²) in [5, 5.41) is 11.2. The quantitative estimate of drug-likeness (QED) is 0.463. The molecule has 1 aromatic rings. The molecule has 0 saturated carbocycles. The van der Waals surface area contributed by atoms with Crippen molar-refractivity contribution in [1.82, 2.24) is 0 Å². The SMILES string of the molecule is CN=C1CC(C)=C(C(=O)OC)C(c2cccc([N+](=O)[O-])c2)C1C(=O)OC. The van der Waals surface area contributed by atoms with Gasteiger partial charge in [0.05, 0.1) is 19.1 Å². The van der Waals surface area contributed by atoms with Gasteiger partial charge in [0.15, 0.2) is 0 Å². The van der Waals surface area contributed by atoms with E-state index < -0.39 is 28.7 Å². The largest absolute Gasteiger partial charge is 0.468 e. The van der Waals surface area contributed by atoms with Crippen LogP contribution in [0.25, 0.3) is 0 Å². The molecule has 26 heavy (non-hydrogen) atoms. The third-order valence-electron chi connectivity index (χ3n) is 4.50. The zero-order valence-corrected chi connectivity index (χ0v) is 15.0. The highest BCUT2D eigenvalue weighted by atomic mass is 16.6. The number of aliphatic imine (C=N–C) groups is 1. The number of rotatable bonds is 4. The minimum absolute atomic E-state index is 0.131. The molecular weight excluding hydrogens is 340 g/mol. The van der Waals surface area contributed by atoms with Crippen LogP contribution in [0.4, 0.5) is 5.69 Å². The van der Waals surface area contributed by atoms with E-state index in [9.17, 15) is 19.7 Å². The zero-order valence-electron chi connectivity index (χ0n) is 15.0. The maximum atomic E-state index is 12.5. The minimum atomic E-state index is -0.857. The Balaban J connectivity index is 2.75. The fraction of sp³-hybridized carbons (Fsp3) is 0.389. The van der Waals surface area contributed by atoms with E-state index in [1.165, 1.54) is 32.4 Å². The molecule has 0 heterocycles. The molecule has 2 rings (SSSR count). The van der Waals surface area contributed by atoms with Crippen LogP contribution in [0.5, 0.6) is 0 Å². The van der Waals surface area contributed by atoms with Gasteiger partial charge in [-0.25, -0.2) is 4.79 Å². The van der Waals surface area contributed by atoms with Gasteiger partial charge in [-0.15, -0.1) is 0 Å². The Labute approximate surface area is 150 Å². The van der Waals surface area contributed by atoms with Crippen molar-refractivity contribution in [3.05, 3.63) is 51.1 Å². The molecule has 1 aliphatic rings. The number of hydrogen-bond acceptors (Lipinski definition) is 7. The summed E-state index contributed by atoms with van der Waals surface area (Å²) >= 11 is 0. The van der Waals surface area contributed by atoms with Crippen molar-refractivity contribution in [2.75, 3.05) is 21.3 Å². The van der Waals surface area contributed by atoms with Gasteiger partial charge in [-0.3, -0.25) is 19.9 Å². The lowest BCUT2D eigenvalue weighted by atomic mass is 9.70. The van der Waals surface area contributed by atoms with Crippen molar-refractivity contribution >= 4 is 23.3 Å². The minimum Gasteiger partial charge on any atom is -0.468 e. The first-order chi connectivity index (χ1) is 12.3. The number of hydrogen-bond donors (Lipinski definition) is 0. The number of allylic oxidation sites excluding steroid dienone is 1. The van der Waals surface area contributed by atoms with Crippen LogP contribution < -0.4 is 0 Å². The van der Waals surface area contributed by atoms with Gasteiger partial charge in [0.1, 0.15) is 5.92 Å². The number of esters is 2. The third-order valence-corrected chi connectivity index (χ3v) is 4.50. The van der Waals surface area contributed by atoms with E-state index in [1.54, 1.807) is 20.0 Å². The average molecular weight is 360 g/mol. The first kappa shape index (κ1) is 19.3. The van der Waals surface area contributed by atoms with Crippen LogP contribution in [0.1, 0.15) is 24.8 Å². The van der Waals surface area contributed by atoms with Crippen molar-refractivity contribution in [1.29, 1.82) is 0 Å². The second-order valence-electron chi connectivity index (χ2n) is 5.91. The molecular formula is C18H20N2O6. The van der Waals surface area contributed by atoms with Crippen molar-refractivity contribution < 1.29 is 24.0 Å². The van der Waals surface area contributed by atoms with E-state index in [1.807, 2.05) is 0 Å². The van der Waals surface area contributed by atoms with Gasteiger partial charge in [0.2, 0.25) is 0 Å². The standard InChI is InChI=1S/C18H20N2O6/c1-10-8-13(19-2)16(18(22)26-4)15(14(10)17(21)25-3)11-6-5-7-12(9-11)20(23)24/h5-7,9,15-16H,8H2,1-4H3. The number of nitrogens with zero attached hydrogens (tertiary/aromatic N) is 2. The summed E-state index contributed by atoms with van der Waals surface area (Å²) in [7, 11) is 4.07. The Morgan fingerprint density at radius 1 is 1.27 bits per heavy atom. The lowest BCUT2D eigenvalue weighted by Gasteiger charge is -2.33. The maximum Gasteiger partial charge on any atom is 0.334 e. The number of ether oxygens (including phenoxy) is 2. The highest BCUT2D eigenvalue weighted by Gasteiger charge is 2.44. The molecule has 8 heteroatoms. The maximum absolute atomic E-state index is 12.5. The average Bonchev–Trinajstić information content (AvgIpc) is 2.65. The molecule has 0 bridgehead atoms. The second kappa shape index (κ2) is 7.90. The first-order valence-corrected chi connectivity index (χ1v) is 7.91. The molecule has 8 nitrogen and oxygen atoms in total. The van der Waals surface area contributed by atoms with Gasteiger partial charge in [-0.1, -0.05) is 17.7 Å². The zero-order chi connectivity index (χ0) is 19.4. The van der Waals surface area contributed by atoms with Gasteiger partial charge >= 0.3 is 11.9 Å². The normalized spacial score (nSPS) is 21.5. The number of nitro benzene ring substituents is 1. The molecule has 1 aromatic carbocycles. The summed E-state index contributed by atoms with van der Waals surface area (Å²) in [6.45, 7) is 1.76. The molecule has 0 saturated heterocycles. The molecule has 2 unspecified atom stereocenters. The summed E-state index contributed by atoms with van der Waals surface area (Å²) in [5.41, 5.74) is 1.88. The van der Waals surface area contributed by atoms with Crippen LogP contribution >= 0.6 is 0 Å². The van der Waals surface area contributed by atoms with Crippen molar-refractivity contribution in [3.8, 4) is 0 Å². The summed E-state index contributed by atoms with van der Waals surface area (Å²) in [6.07, 6.45) is 0.326. The topological polar surface area (TPSA) is 108 Å².